The van der Waals surface area contributed by atoms with Crippen LogP contribution in [0.1, 0.15) is 119 Å². The number of carbonyl (C=O) groups excluding carboxylic acids is 2. The summed E-state index contributed by atoms with van der Waals surface area (Å²) in [6, 6.07) is 0. The van der Waals surface area contributed by atoms with Gasteiger partial charge in [-0.2, -0.15) is 0 Å². The van der Waals surface area contributed by atoms with E-state index in [0.29, 0.717) is 13.1 Å². The summed E-state index contributed by atoms with van der Waals surface area (Å²) in [7, 11) is 0. The molecular formula is C32H56N4O4. The van der Waals surface area contributed by atoms with Crippen LogP contribution in [0.15, 0.2) is 4.99 Å². The Morgan fingerprint density at radius 3 is 1.98 bits per heavy atom. The number of aliphatic imine (C=N–C) groups is 1. The SMILES string of the molecule is CC(C)(C)OC(=O)NC(=NCC12CC3CC(CC(C3)C1)C2)N(CCCCCN1CCCCC1)C(=O)OC(C)(C)C. The van der Waals surface area contributed by atoms with Crippen LogP contribution in [-0.2, 0) is 9.47 Å². The van der Waals surface area contributed by atoms with Gasteiger partial charge in [-0.3, -0.25) is 10.3 Å². The number of alkyl carbamates (subject to hydrolysis) is 1. The van der Waals surface area contributed by atoms with E-state index in [1.54, 1.807) is 4.90 Å². The Morgan fingerprint density at radius 1 is 0.850 bits per heavy atom. The Bertz CT molecular complexity index is 862. The third kappa shape index (κ3) is 9.35. The molecule has 1 heterocycles. The number of ether oxygens (including phenoxy) is 2. The maximum Gasteiger partial charge on any atom is 0.417 e. The molecule has 8 nitrogen and oxygen atoms in total. The highest BCUT2D eigenvalue weighted by Gasteiger charge is 2.50. The standard InChI is InChI=1S/C32H56N4O4/c1-30(2,3)39-28(37)34-27(33-23-32-20-24-17-25(21-32)19-26(18-24)22-32)36(29(38)40-31(4,5)6)16-12-8-11-15-35-13-9-7-10-14-35/h24-26H,7-23H2,1-6H3,(H,33,34,37). The van der Waals surface area contributed by atoms with Gasteiger partial charge in [-0.15, -0.1) is 0 Å². The second-order valence-electron chi connectivity index (χ2n) is 15.3. The first-order valence-corrected chi connectivity index (χ1v) is 16.1. The fourth-order valence-electron chi connectivity index (χ4n) is 7.88. The Hall–Kier alpha value is -1.83. The Balaban J connectivity index is 1.48. The predicted molar refractivity (Wildman–Crippen MR) is 159 cm³/mol. The van der Waals surface area contributed by atoms with Crippen molar-refractivity contribution in [2.45, 2.75) is 130 Å². The number of carbonyl (C=O) groups is 2. The fourth-order valence-corrected chi connectivity index (χ4v) is 7.88. The largest absolute Gasteiger partial charge is 0.444 e. The Labute approximate surface area is 243 Å². The molecule has 5 aliphatic rings. The van der Waals surface area contributed by atoms with E-state index < -0.39 is 23.4 Å². The second-order valence-corrected chi connectivity index (χ2v) is 15.3. The number of guanidine groups is 1. The molecule has 0 spiro atoms. The minimum absolute atomic E-state index is 0.184. The third-order valence-corrected chi connectivity index (χ3v) is 9.02. The lowest BCUT2D eigenvalue weighted by molar-refractivity contribution is -0.0467. The van der Waals surface area contributed by atoms with Crippen LogP contribution in [0.2, 0.25) is 0 Å². The molecule has 1 saturated heterocycles. The van der Waals surface area contributed by atoms with Gasteiger partial charge in [-0.05, 0) is 149 Å². The van der Waals surface area contributed by atoms with Gasteiger partial charge in [0.15, 0.2) is 0 Å². The van der Waals surface area contributed by atoms with Gasteiger partial charge in [-0.25, -0.2) is 14.5 Å². The molecular weight excluding hydrogens is 504 g/mol. The maximum absolute atomic E-state index is 13.5. The van der Waals surface area contributed by atoms with Crippen molar-refractivity contribution in [1.29, 1.82) is 0 Å². The van der Waals surface area contributed by atoms with E-state index in [0.717, 1.165) is 43.6 Å². The normalized spacial score (nSPS) is 28.9. The highest BCUT2D eigenvalue weighted by Crippen LogP contribution is 2.60. The molecule has 0 radical (unpaired) electrons. The third-order valence-electron chi connectivity index (χ3n) is 9.02. The Morgan fingerprint density at radius 2 is 1.43 bits per heavy atom. The number of piperidine rings is 1. The summed E-state index contributed by atoms with van der Waals surface area (Å²) in [5, 5.41) is 2.87. The number of rotatable bonds is 8. The summed E-state index contributed by atoms with van der Waals surface area (Å²) in [6.07, 6.45) is 13.6. The van der Waals surface area contributed by atoms with E-state index in [2.05, 4.69) is 10.2 Å². The molecule has 0 atom stereocenters. The smallest absolute Gasteiger partial charge is 0.417 e. The molecule has 1 N–H and O–H groups in total. The minimum Gasteiger partial charge on any atom is -0.444 e. The van der Waals surface area contributed by atoms with Gasteiger partial charge in [-0.1, -0.05) is 12.8 Å². The molecule has 0 aromatic rings. The van der Waals surface area contributed by atoms with Crippen molar-refractivity contribution in [2.75, 3.05) is 32.7 Å². The number of likely N-dealkylation sites (tertiary alicyclic amines) is 1. The highest BCUT2D eigenvalue weighted by atomic mass is 16.6. The van der Waals surface area contributed by atoms with E-state index in [9.17, 15) is 9.59 Å². The quantitative estimate of drug-likeness (QED) is 0.197. The van der Waals surface area contributed by atoms with Gasteiger partial charge >= 0.3 is 12.2 Å². The van der Waals surface area contributed by atoms with Crippen LogP contribution >= 0.6 is 0 Å². The van der Waals surface area contributed by atoms with Crippen LogP contribution in [0, 0.1) is 23.2 Å². The van der Waals surface area contributed by atoms with Crippen molar-refractivity contribution >= 4 is 18.1 Å². The molecule has 8 heteroatoms. The van der Waals surface area contributed by atoms with Crippen LogP contribution in [0.5, 0.6) is 0 Å². The minimum atomic E-state index is -0.652. The molecule has 5 fully saturated rings. The van der Waals surface area contributed by atoms with Gasteiger partial charge in [0.1, 0.15) is 11.2 Å². The van der Waals surface area contributed by atoms with Crippen LogP contribution < -0.4 is 5.32 Å². The molecule has 1 aliphatic heterocycles. The van der Waals surface area contributed by atoms with Gasteiger partial charge in [0.25, 0.3) is 0 Å². The zero-order valence-electron chi connectivity index (χ0n) is 26.2. The lowest BCUT2D eigenvalue weighted by Gasteiger charge is -2.56. The van der Waals surface area contributed by atoms with Crippen molar-refractivity contribution in [1.82, 2.24) is 15.1 Å². The number of hydrogen-bond donors (Lipinski definition) is 1. The van der Waals surface area contributed by atoms with Crippen LogP contribution in [-0.4, -0.2) is 71.9 Å². The van der Waals surface area contributed by atoms with Crippen LogP contribution in [0.3, 0.4) is 0 Å². The number of nitrogens with zero attached hydrogens (tertiary/aromatic N) is 3. The zero-order valence-corrected chi connectivity index (χ0v) is 26.2. The summed E-state index contributed by atoms with van der Waals surface area (Å²) in [5.74, 6) is 2.71. The van der Waals surface area contributed by atoms with E-state index in [-0.39, 0.29) is 11.4 Å². The summed E-state index contributed by atoms with van der Waals surface area (Å²) in [5.41, 5.74) is -1.12. The topological polar surface area (TPSA) is 83.5 Å². The molecule has 4 saturated carbocycles. The highest BCUT2D eigenvalue weighted by molar-refractivity contribution is 6.01. The van der Waals surface area contributed by atoms with Crippen LogP contribution in [0.25, 0.3) is 0 Å². The van der Waals surface area contributed by atoms with Crippen molar-refractivity contribution < 1.29 is 19.1 Å². The lowest BCUT2D eigenvalue weighted by atomic mass is 9.49. The number of hydrogen-bond acceptors (Lipinski definition) is 6. The van der Waals surface area contributed by atoms with Gasteiger partial charge in [0.05, 0.1) is 0 Å². The maximum atomic E-state index is 13.5. The molecule has 228 valence electrons. The van der Waals surface area contributed by atoms with Gasteiger partial charge in [0, 0.05) is 13.1 Å². The van der Waals surface area contributed by atoms with E-state index in [1.165, 1.54) is 70.9 Å². The number of nitrogens with one attached hydrogen (secondary N) is 1. The molecule has 4 bridgehead atoms. The molecule has 0 unspecified atom stereocenters. The van der Waals surface area contributed by atoms with Crippen molar-refractivity contribution in [3.63, 3.8) is 0 Å². The fraction of sp³-hybridized carbons (Fsp3) is 0.906. The molecule has 2 amide bonds. The average molecular weight is 561 g/mol. The van der Waals surface area contributed by atoms with E-state index in [1.807, 2.05) is 41.5 Å². The summed E-state index contributed by atoms with van der Waals surface area (Å²) in [4.78, 5) is 35.6. The molecule has 4 aliphatic carbocycles. The van der Waals surface area contributed by atoms with Crippen molar-refractivity contribution in [3.8, 4) is 0 Å². The van der Waals surface area contributed by atoms with Gasteiger partial charge < -0.3 is 14.4 Å². The van der Waals surface area contributed by atoms with E-state index >= 15 is 0 Å². The van der Waals surface area contributed by atoms with Crippen LogP contribution in [0.4, 0.5) is 9.59 Å². The number of amides is 2. The summed E-state index contributed by atoms with van der Waals surface area (Å²) >= 11 is 0. The predicted octanol–water partition coefficient (Wildman–Crippen LogP) is 6.98. The Kier molecular flexibility index (Phi) is 10.1. The summed E-state index contributed by atoms with van der Waals surface area (Å²) in [6.45, 7) is 15.7. The first-order valence-electron chi connectivity index (χ1n) is 16.1. The zero-order chi connectivity index (χ0) is 29.0. The molecule has 0 aromatic heterocycles. The molecule has 40 heavy (non-hydrogen) atoms. The van der Waals surface area contributed by atoms with E-state index in [4.69, 9.17) is 14.5 Å². The first kappa shape index (κ1) is 31.1. The summed E-state index contributed by atoms with van der Waals surface area (Å²) < 4.78 is 11.4. The first-order chi connectivity index (χ1) is 18.8. The monoisotopic (exact) mass is 560 g/mol. The lowest BCUT2D eigenvalue weighted by Crippen LogP contribution is -2.51. The molecule has 5 rings (SSSR count). The van der Waals surface area contributed by atoms with Crippen molar-refractivity contribution in [3.05, 3.63) is 0 Å². The molecule has 0 aromatic carbocycles. The van der Waals surface area contributed by atoms with Gasteiger partial charge in [0.2, 0.25) is 5.96 Å². The number of unbranched alkanes of at least 4 members (excludes halogenated alkanes) is 2. The average Bonchev–Trinajstić information content (AvgIpc) is 2.82. The van der Waals surface area contributed by atoms with Crippen molar-refractivity contribution in [2.24, 2.45) is 28.2 Å². The second kappa shape index (κ2) is 13.0.